The Morgan fingerprint density at radius 1 is 1.12 bits per heavy atom. The molecule has 1 unspecified atom stereocenters. The summed E-state index contributed by atoms with van der Waals surface area (Å²) in [6.07, 6.45) is -3.24. The van der Waals surface area contributed by atoms with Gasteiger partial charge < -0.3 is 10.4 Å². The first-order valence-corrected chi connectivity index (χ1v) is 7.45. The summed E-state index contributed by atoms with van der Waals surface area (Å²) in [5, 5.41) is 17.0. The Hall–Kier alpha value is -2.61. The summed E-state index contributed by atoms with van der Waals surface area (Å²) in [4.78, 5) is 0. The molecule has 0 aliphatic rings. The predicted octanol–water partition coefficient (Wildman–Crippen LogP) is 3.89. The van der Waals surface area contributed by atoms with E-state index in [0.717, 1.165) is 0 Å². The molecule has 0 bridgehead atoms. The fourth-order valence-electron chi connectivity index (χ4n) is 2.36. The second-order valence-electron chi connectivity index (χ2n) is 5.90. The molecule has 25 heavy (non-hydrogen) atoms. The van der Waals surface area contributed by atoms with Crippen LogP contribution in [0.15, 0.2) is 48.7 Å². The van der Waals surface area contributed by atoms with Gasteiger partial charge in [-0.05, 0) is 43.3 Å². The molecule has 0 fully saturated rings. The fourth-order valence-corrected chi connectivity index (χ4v) is 2.36. The van der Waals surface area contributed by atoms with E-state index in [9.17, 15) is 22.7 Å². The lowest BCUT2D eigenvalue weighted by Crippen LogP contribution is -2.47. The van der Waals surface area contributed by atoms with Crippen LogP contribution in [0.1, 0.15) is 6.92 Å². The standard InChI is InChI=1S/C17H15F4N3O/c1-16(25,17(19,20)21)10-22-14-3-2-4-15-13(14)9-23-24(15)12-7-5-11(18)6-8-12/h2-9,22,25H,10H2,1H3. The zero-order valence-electron chi connectivity index (χ0n) is 13.2. The number of anilines is 1. The van der Waals surface area contributed by atoms with Gasteiger partial charge in [-0.15, -0.1) is 0 Å². The lowest BCUT2D eigenvalue weighted by molar-refractivity contribution is -0.246. The monoisotopic (exact) mass is 353 g/mol. The van der Waals surface area contributed by atoms with Crippen LogP contribution in [0, 0.1) is 5.82 Å². The van der Waals surface area contributed by atoms with Crippen molar-refractivity contribution in [3.63, 3.8) is 0 Å². The summed E-state index contributed by atoms with van der Waals surface area (Å²) in [5.74, 6) is -0.378. The van der Waals surface area contributed by atoms with Crippen molar-refractivity contribution in [3.8, 4) is 5.69 Å². The van der Waals surface area contributed by atoms with Gasteiger partial charge in [0.05, 0.1) is 23.9 Å². The van der Waals surface area contributed by atoms with Crippen LogP contribution in [0.25, 0.3) is 16.6 Å². The average molecular weight is 353 g/mol. The fraction of sp³-hybridized carbons (Fsp3) is 0.235. The summed E-state index contributed by atoms with van der Waals surface area (Å²) in [6, 6.07) is 10.7. The highest BCUT2D eigenvalue weighted by atomic mass is 19.4. The first-order chi connectivity index (χ1) is 11.7. The Balaban J connectivity index is 1.93. The highest BCUT2D eigenvalue weighted by Crippen LogP contribution is 2.31. The molecule has 0 aliphatic heterocycles. The van der Waals surface area contributed by atoms with Crippen molar-refractivity contribution in [2.75, 3.05) is 11.9 Å². The number of nitrogens with one attached hydrogen (secondary N) is 1. The normalized spacial score (nSPS) is 14.5. The molecule has 1 aromatic heterocycles. The molecule has 0 amide bonds. The van der Waals surface area contributed by atoms with Crippen LogP contribution in [0.3, 0.4) is 0 Å². The number of hydrogen-bond donors (Lipinski definition) is 2. The second kappa shape index (κ2) is 6.03. The van der Waals surface area contributed by atoms with Gasteiger partial charge in [0.1, 0.15) is 5.82 Å². The maximum atomic E-state index is 13.1. The molecule has 0 aliphatic carbocycles. The third-order valence-corrected chi connectivity index (χ3v) is 3.92. The number of halogens is 4. The highest BCUT2D eigenvalue weighted by Gasteiger charge is 2.49. The summed E-state index contributed by atoms with van der Waals surface area (Å²) in [7, 11) is 0. The minimum Gasteiger partial charge on any atom is -0.381 e. The molecule has 3 rings (SSSR count). The van der Waals surface area contributed by atoms with E-state index in [4.69, 9.17) is 0 Å². The van der Waals surface area contributed by atoms with Gasteiger partial charge >= 0.3 is 6.18 Å². The minimum atomic E-state index is -4.74. The minimum absolute atomic E-state index is 0.378. The predicted molar refractivity (Wildman–Crippen MR) is 86.2 cm³/mol. The van der Waals surface area contributed by atoms with Gasteiger partial charge in [-0.2, -0.15) is 18.3 Å². The smallest absolute Gasteiger partial charge is 0.381 e. The van der Waals surface area contributed by atoms with E-state index >= 15 is 0 Å². The molecular weight excluding hydrogens is 338 g/mol. The molecule has 132 valence electrons. The number of alkyl halides is 3. The Morgan fingerprint density at radius 2 is 1.80 bits per heavy atom. The van der Waals surface area contributed by atoms with Crippen LogP contribution in [0.4, 0.5) is 23.2 Å². The van der Waals surface area contributed by atoms with Gasteiger partial charge in [-0.25, -0.2) is 9.07 Å². The van der Waals surface area contributed by atoms with Gasteiger partial charge in [0, 0.05) is 11.1 Å². The Kier molecular flexibility index (Phi) is 4.16. The molecule has 2 aromatic carbocycles. The maximum Gasteiger partial charge on any atom is 0.418 e. The van der Waals surface area contributed by atoms with Crippen LogP contribution in [-0.2, 0) is 0 Å². The lowest BCUT2D eigenvalue weighted by Gasteiger charge is -2.26. The molecule has 1 heterocycles. The topological polar surface area (TPSA) is 50.1 Å². The van der Waals surface area contributed by atoms with E-state index in [1.54, 1.807) is 35.0 Å². The maximum absolute atomic E-state index is 13.1. The zero-order valence-corrected chi connectivity index (χ0v) is 13.2. The number of rotatable bonds is 4. The molecule has 8 heteroatoms. The Bertz CT molecular complexity index is 885. The molecule has 1 atom stereocenters. The third kappa shape index (κ3) is 3.30. The van der Waals surface area contributed by atoms with Crippen molar-refractivity contribution in [1.29, 1.82) is 0 Å². The molecule has 4 nitrogen and oxygen atoms in total. The number of nitrogens with zero attached hydrogens (tertiary/aromatic N) is 2. The number of aliphatic hydroxyl groups is 1. The van der Waals surface area contributed by atoms with E-state index < -0.39 is 18.3 Å². The number of fused-ring (bicyclic) bond motifs is 1. The average Bonchev–Trinajstić information content (AvgIpc) is 2.97. The number of benzene rings is 2. The molecule has 0 spiro atoms. The molecule has 0 saturated carbocycles. The van der Waals surface area contributed by atoms with Crippen molar-refractivity contribution in [3.05, 3.63) is 54.5 Å². The SMILES string of the molecule is CC(O)(CNc1cccc2c1cnn2-c1ccc(F)cc1)C(F)(F)F. The lowest BCUT2D eigenvalue weighted by atomic mass is 10.1. The van der Waals surface area contributed by atoms with Crippen molar-refractivity contribution in [1.82, 2.24) is 9.78 Å². The quantitative estimate of drug-likeness (QED) is 0.700. The van der Waals surface area contributed by atoms with E-state index in [1.165, 1.54) is 18.3 Å². The van der Waals surface area contributed by atoms with Crippen molar-refractivity contribution < 1.29 is 22.7 Å². The van der Waals surface area contributed by atoms with Crippen LogP contribution in [-0.4, -0.2) is 33.2 Å². The van der Waals surface area contributed by atoms with E-state index in [2.05, 4.69) is 10.4 Å². The van der Waals surface area contributed by atoms with E-state index in [1.807, 2.05) is 0 Å². The second-order valence-corrected chi connectivity index (χ2v) is 5.90. The molecule has 3 aromatic rings. The third-order valence-electron chi connectivity index (χ3n) is 3.92. The van der Waals surface area contributed by atoms with Crippen molar-refractivity contribution >= 4 is 16.6 Å². The van der Waals surface area contributed by atoms with Crippen LogP contribution in [0.2, 0.25) is 0 Å². The molecule has 0 saturated heterocycles. The van der Waals surface area contributed by atoms with Gasteiger partial charge in [0.2, 0.25) is 0 Å². The van der Waals surface area contributed by atoms with E-state index in [-0.39, 0.29) is 5.82 Å². The number of aromatic nitrogens is 2. The van der Waals surface area contributed by atoms with Gasteiger partial charge in [-0.1, -0.05) is 6.07 Å². The first-order valence-electron chi connectivity index (χ1n) is 7.45. The molecular formula is C17H15F4N3O. The Labute approximate surface area is 140 Å². The van der Waals surface area contributed by atoms with Crippen LogP contribution in [0.5, 0.6) is 0 Å². The summed E-state index contributed by atoms with van der Waals surface area (Å²) < 4.78 is 52.9. The van der Waals surface area contributed by atoms with Crippen LogP contribution < -0.4 is 5.32 Å². The van der Waals surface area contributed by atoms with E-state index in [0.29, 0.717) is 29.2 Å². The Morgan fingerprint density at radius 3 is 2.44 bits per heavy atom. The molecule has 2 N–H and O–H groups in total. The summed E-state index contributed by atoms with van der Waals surface area (Å²) in [5.41, 5.74) is -1.18. The largest absolute Gasteiger partial charge is 0.418 e. The molecule has 0 radical (unpaired) electrons. The van der Waals surface area contributed by atoms with Crippen molar-refractivity contribution in [2.24, 2.45) is 0 Å². The van der Waals surface area contributed by atoms with Crippen molar-refractivity contribution in [2.45, 2.75) is 18.7 Å². The highest BCUT2D eigenvalue weighted by molar-refractivity contribution is 5.92. The summed E-state index contributed by atoms with van der Waals surface area (Å²) in [6.45, 7) is 0.0133. The van der Waals surface area contributed by atoms with Gasteiger partial charge in [-0.3, -0.25) is 0 Å². The summed E-state index contributed by atoms with van der Waals surface area (Å²) >= 11 is 0. The first kappa shape index (κ1) is 17.2. The zero-order chi connectivity index (χ0) is 18.2. The van der Waals surface area contributed by atoms with Crippen LogP contribution >= 0.6 is 0 Å². The van der Waals surface area contributed by atoms with Gasteiger partial charge in [0.25, 0.3) is 0 Å². The number of hydrogen-bond acceptors (Lipinski definition) is 3. The van der Waals surface area contributed by atoms with Gasteiger partial charge in [0.15, 0.2) is 5.60 Å².